The van der Waals surface area contributed by atoms with Gasteiger partial charge in [0.15, 0.2) is 5.96 Å². The number of aryl methyl sites for hydroxylation is 1. The summed E-state index contributed by atoms with van der Waals surface area (Å²) in [6, 6.07) is 12.3. The quantitative estimate of drug-likeness (QED) is 0.255. The molecule has 33 heavy (non-hydrogen) atoms. The fourth-order valence-corrected chi connectivity index (χ4v) is 4.00. The van der Waals surface area contributed by atoms with Crippen molar-refractivity contribution >= 4 is 29.9 Å². The number of aliphatic imine (C=N–C) groups is 1. The van der Waals surface area contributed by atoms with E-state index in [2.05, 4.69) is 58.6 Å². The lowest BCUT2D eigenvalue weighted by atomic mass is 10.0. The van der Waals surface area contributed by atoms with Gasteiger partial charge in [-0.15, -0.1) is 24.0 Å². The number of nitrogens with one attached hydrogen (secondary N) is 2. The van der Waals surface area contributed by atoms with E-state index < -0.39 is 5.60 Å². The smallest absolute Gasteiger partial charge is 0.191 e. The molecule has 3 atom stereocenters. The summed E-state index contributed by atoms with van der Waals surface area (Å²) in [7, 11) is 0. The lowest BCUT2D eigenvalue weighted by molar-refractivity contribution is -0.0704. The molecule has 0 radical (unpaired) electrons. The van der Waals surface area contributed by atoms with Gasteiger partial charge in [-0.1, -0.05) is 24.3 Å². The topological polar surface area (TPSA) is 82.3 Å². The zero-order chi connectivity index (χ0) is 23.1. The fraction of sp³-hybridized carbons (Fsp3) is 0.560. The first kappa shape index (κ1) is 27.6. The van der Waals surface area contributed by atoms with Crippen molar-refractivity contribution in [3.05, 3.63) is 59.0 Å². The number of furan rings is 1. The van der Waals surface area contributed by atoms with Crippen LogP contribution in [-0.2, 0) is 23.4 Å². The highest BCUT2D eigenvalue weighted by atomic mass is 127. The summed E-state index contributed by atoms with van der Waals surface area (Å²) in [6.07, 6.45) is 0.559. The van der Waals surface area contributed by atoms with E-state index in [9.17, 15) is 5.11 Å². The molecule has 0 spiro atoms. The second-order valence-electron chi connectivity index (χ2n) is 9.00. The Morgan fingerprint density at radius 3 is 2.30 bits per heavy atom. The third kappa shape index (κ3) is 8.59. The molecule has 0 bridgehead atoms. The van der Waals surface area contributed by atoms with Crippen molar-refractivity contribution in [3.8, 4) is 0 Å². The Bertz CT molecular complexity index is 872. The van der Waals surface area contributed by atoms with Crippen LogP contribution in [-0.4, -0.2) is 54.4 Å². The highest BCUT2D eigenvalue weighted by Crippen LogP contribution is 2.22. The van der Waals surface area contributed by atoms with Crippen LogP contribution in [0.25, 0.3) is 0 Å². The molecule has 2 heterocycles. The Morgan fingerprint density at radius 1 is 1.09 bits per heavy atom. The molecule has 8 heteroatoms. The van der Waals surface area contributed by atoms with E-state index in [1.807, 2.05) is 19.9 Å². The highest BCUT2D eigenvalue weighted by Gasteiger charge is 2.27. The van der Waals surface area contributed by atoms with E-state index in [1.54, 1.807) is 13.0 Å². The minimum Gasteiger partial charge on any atom is -0.463 e. The van der Waals surface area contributed by atoms with Gasteiger partial charge in [-0.2, -0.15) is 0 Å². The zero-order valence-corrected chi connectivity index (χ0v) is 22.8. The number of guanidine groups is 1. The van der Waals surface area contributed by atoms with E-state index in [-0.39, 0.29) is 36.2 Å². The van der Waals surface area contributed by atoms with E-state index in [4.69, 9.17) is 9.15 Å². The number of rotatable bonds is 8. The van der Waals surface area contributed by atoms with Crippen molar-refractivity contribution in [2.24, 2.45) is 4.99 Å². The first-order valence-electron chi connectivity index (χ1n) is 11.5. The normalized spacial score (nSPS) is 21.2. The molecule has 184 valence electrons. The maximum atomic E-state index is 10.7. The van der Waals surface area contributed by atoms with Crippen molar-refractivity contribution in [3.63, 3.8) is 0 Å². The number of ether oxygens (including phenoxy) is 1. The third-order valence-electron chi connectivity index (χ3n) is 5.56. The summed E-state index contributed by atoms with van der Waals surface area (Å²) in [4.78, 5) is 7.13. The lowest BCUT2D eigenvalue weighted by Crippen LogP contribution is -2.44. The maximum Gasteiger partial charge on any atom is 0.191 e. The average molecular weight is 571 g/mol. The minimum atomic E-state index is -1.12. The molecule has 3 N–H and O–H groups in total. The number of nitrogens with zero attached hydrogens (tertiary/aromatic N) is 2. The van der Waals surface area contributed by atoms with Gasteiger partial charge in [-0.3, -0.25) is 4.90 Å². The standard InChI is InChI=1S/C25H38N4O3.HI/c1-6-26-24(28-17-25(5,30)23-12-7-18(2)32-23)27-13-21-8-10-22(11-9-21)16-29-14-19(3)31-20(4)15-29;/h7-12,19-20,30H,6,13-17H2,1-5H3,(H2,26,27,28);1H. The van der Waals surface area contributed by atoms with Gasteiger partial charge in [-0.05, 0) is 57.9 Å². The summed E-state index contributed by atoms with van der Waals surface area (Å²) in [6.45, 7) is 14.4. The van der Waals surface area contributed by atoms with Crippen LogP contribution >= 0.6 is 24.0 Å². The van der Waals surface area contributed by atoms with E-state index in [1.165, 1.54) is 5.56 Å². The molecule has 1 saturated heterocycles. The summed E-state index contributed by atoms with van der Waals surface area (Å²) in [5, 5.41) is 17.2. The Morgan fingerprint density at radius 2 is 1.73 bits per heavy atom. The summed E-state index contributed by atoms with van der Waals surface area (Å²) in [5.74, 6) is 1.98. The molecule has 7 nitrogen and oxygen atoms in total. The molecule has 3 rings (SSSR count). The van der Waals surface area contributed by atoms with E-state index in [0.29, 0.717) is 24.8 Å². The van der Waals surface area contributed by atoms with Crippen LogP contribution in [0.2, 0.25) is 0 Å². The number of aliphatic hydroxyl groups is 1. The predicted octanol–water partition coefficient (Wildman–Crippen LogP) is 3.78. The van der Waals surface area contributed by atoms with E-state index >= 15 is 0 Å². The Hall–Kier alpha value is -1.62. The molecular weight excluding hydrogens is 531 g/mol. The molecule has 1 aliphatic heterocycles. The molecule has 0 amide bonds. The van der Waals surface area contributed by atoms with Gasteiger partial charge in [0.25, 0.3) is 0 Å². The van der Waals surface area contributed by atoms with Crippen LogP contribution < -0.4 is 10.6 Å². The largest absolute Gasteiger partial charge is 0.463 e. The summed E-state index contributed by atoms with van der Waals surface area (Å²) < 4.78 is 11.4. The van der Waals surface area contributed by atoms with Gasteiger partial charge in [0.05, 0.1) is 25.3 Å². The minimum absolute atomic E-state index is 0. The van der Waals surface area contributed by atoms with Crippen molar-refractivity contribution < 1.29 is 14.3 Å². The van der Waals surface area contributed by atoms with Crippen LogP contribution in [0.3, 0.4) is 0 Å². The van der Waals surface area contributed by atoms with Crippen molar-refractivity contribution in [1.82, 2.24) is 15.5 Å². The van der Waals surface area contributed by atoms with Gasteiger partial charge in [0.2, 0.25) is 0 Å². The van der Waals surface area contributed by atoms with Crippen LogP contribution in [0.4, 0.5) is 0 Å². The monoisotopic (exact) mass is 570 g/mol. The molecule has 1 aromatic heterocycles. The van der Waals surface area contributed by atoms with Gasteiger partial charge in [-0.25, -0.2) is 4.99 Å². The van der Waals surface area contributed by atoms with Crippen molar-refractivity contribution in [2.75, 3.05) is 26.2 Å². The molecule has 1 aliphatic rings. The second-order valence-corrected chi connectivity index (χ2v) is 9.00. The number of benzene rings is 1. The van der Waals surface area contributed by atoms with Crippen LogP contribution in [0.15, 0.2) is 45.8 Å². The molecular formula is C25H39IN4O3. The number of hydrogen-bond acceptors (Lipinski definition) is 5. The molecule has 0 saturated carbocycles. The van der Waals surface area contributed by atoms with Crippen LogP contribution in [0.5, 0.6) is 0 Å². The number of halogens is 1. The fourth-order valence-electron chi connectivity index (χ4n) is 4.00. The molecule has 3 unspecified atom stereocenters. The van der Waals surface area contributed by atoms with Gasteiger partial charge < -0.3 is 24.9 Å². The highest BCUT2D eigenvalue weighted by molar-refractivity contribution is 14.0. The lowest BCUT2D eigenvalue weighted by Gasteiger charge is -2.35. The zero-order valence-electron chi connectivity index (χ0n) is 20.4. The number of morpholine rings is 1. The van der Waals surface area contributed by atoms with Crippen molar-refractivity contribution in [2.45, 2.75) is 65.5 Å². The molecule has 0 aliphatic carbocycles. The average Bonchev–Trinajstić information content (AvgIpc) is 3.18. The first-order valence-corrected chi connectivity index (χ1v) is 11.5. The Balaban J connectivity index is 0.00000385. The van der Waals surface area contributed by atoms with Crippen LogP contribution in [0.1, 0.15) is 50.3 Å². The second kappa shape index (κ2) is 12.7. The third-order valence-corrected chi connectivity index (χ3v) is 5.56. The number of hydrogen-bond donors (Lipinski definition) is 3. The van der Waals surface area contributed by atoms with Gasteiger partial charge >= 0.3 is 0 Å². The Kier molecular flexibility index (Phi) is 10.7. The van der Waals surface area contributed by atoms with Crippen molar-refractivity contribution in [1.29, 1.82) is 0 Å². The van der Waals surface area contributed by atoms with Gasteiger partial charge in [0, 0.05) is 26.2 Å². The predicted molar refractivity (Wildman–Crippen MR) is 143 cm³/mol. The molecule has 1 aromatic carbocycles. The Labute approximate surface area is 215 Å². The first-order chi connectivity index (χ1) is 15.2. The summed E-state index contributed by atoms with van der Waals surface area (Å²) in [5.41, 5.74) is 1.32. The van der Waals surface area contributed by atoms with Gasteiger partial charge in [0.1, 0.15) is 17.1 Å². The molecule has 2 aromatic rings. The van der Waals surface area contributed by atoms with Crippen LogP contribution in [0, 0.1) is 6.92 Å². The molecule has 1 fully saturated rings. The maximum absolute atomic E-state index is 10.7. The van der Waals surface area contributed by atoms with E-state index in [0.717, 1.165) is 37.5 Å². The summed E-state index contributed by atoms with van der Waals surface area (Å²) >= 11 is 0. The SMILES string of the molecule is CCNC(=NCc1ccc(CN2CC(C)OC(C)C2)cc1)NCC(C)(O)c1ccc(C)o1.I.